The number of piperazine rings is 1. The van der Waals surface area contributed by atoms with Crippen molar-refractivity contribution in [3.8, 4) is 0 Å². The molecule has 19 heavy (non-hydrogen) atoms. The first-order valence-corrected chi connectivity index (χ1v) is 6.50. The molecule has 0 aliphatic carbocycles. The van der Waals surface area contributed by atoms with Crippen LogP contribution in [-0.2, 0) is 9.59 Å². The SMILES string of the molecule is Cc1ccc(Cl)c(NC(=O)C2CNC(=O)CN2)c1Cl. The van der Waals surface area contributed by atoms with Crippen molar-refractivity contribution in [2.45, 2.75) is 13.0 Å². The minimum Gasteiger partial charge on any atom is -0.353 e. The number of hydrogen-bond acceptors (Lipinski definition) is 3. The first-order valence-electron chi connectivity index (χ1n) is 5.74. The summed E-state index contributed by atoms with van der Waals surface area (Å²) in [6.07, 6.45) is 0. The van der Waals surface area contributed by atoms with Gasteiger partial charge in [-0.1, -0.05) is 29.3 Å². The molecule has 1 aliphatic heterocycles. The van der Waals surface area contributed by atoms with Crippen LogP contribution in [0.25, 0.3) is 0 Å². The highest BCUT2D eigenvalue weighted by atomic mass is 35.5. The molecule has 1 heterocycles. The average molecular weight is 302 g/mol. The summed E-state index contributed by atoms with van der Waals surface area (Å²) in [5.74, 6) is -0.412. The lowest BCUT2D eigenvalue weighted by Gasteiger charge is -2.23. The Balaban J connectivity index is 2.11. The van der Waals surface area contributed by atoms with Gasteiger partial charge < -0.3 is 10.6 Å². The molecule has 1 aromatic carbocycles. The smallest absolute Gasteiger partial charge is 0.243 e. The van der Waals surface area contributed by atoms with Crippen molar-refractivity contribution in [2.75, 3.05) is 18.4 Å². The van der Waals surface area contributed by atoms with E-state index in [2.05, 4.69) is 16.0 Å². The molecule has 0 aromatic heterocycles. The van der Waals surface area contributed by atoms with Crippen LogP contribution in [0.1, 0.15) is 5.56 Å². The number of nitrogens with one attached hydrogen (secondary N) is 3. The molecule has 7 heteroatoms. The van der Waals surface area contributed by atoms with E-state index < -0.39 is 6.04 Å². The van der Waals surface area contributed by atoms with Gasteiger partial charge in [-0.05, 0) is 18.6 Å². The predicted molar refractivity (Wildman–Crippen MR) is 74.6 cm³/mol. The Kier molecular flexibility index (Phi) is 4.29. The largest absolute Gasteiger partial charge is 0.353 e. The number of amides is 2. The van der Waals surface area contributed by atoms with E-state index in [1.54, 1.807) is 12.1 Å². The maximum atomic E-state index is 12.0. The van der Waals surface area contributed by atoms with Gasteiger partial charge in [0, 0.05) is 6.54 Å². The molecule has 1 fully saturated rings. The lowest BCUT2D eigenvalue weighted by molar-refractivity contribution is -0.124. The van der Waals surface area contributed by atoms with Gasteiger partial charge >= 0.3 is 0 Å². The fourth-order valence-electron chi connectivity index (χ4n) is 1.73. The van der Waals surface area contributed by atoms with E-state index >= 15 is 0 Å². The second kappa shape index (κ2) is 5.77. The second-order valence-corrected chi connectivity index (χ2v) is 5.07. The average Bonchev–Trinajstić information content (AvgIpc) is 2.40. The molecular formula is C12H13Cl2N3O2. The molecule has 1 saturated heterocycles. The quantitative estimate of drug-likeness (QED) is 0.772. The summed E-state index contributed by atoms with van der Waals surface area (Å²) in [5, 5.41) is 8.93. The highest BCUT2D eigenvalue weighted by Crippen LogP contribution is 2.32. The summed E-state index contributed by atoms with van der Waals surface area (Å²) in [5.41, 5.74) is 1.22. The van der Waals surface area contributed by atoms with E-state index in [-0.39, 0.29) is 24.9 Å². The number of halogens is 2. The summed E-state index contributed by atoms with van der Waals surface area (Å²) < 4.78 is 0. The summed E-state index contributed by atoms with van der Waals surface area (Å²) in [4.78, 5) is 23.0. The number of hydrogen-bond donors (Lipinski definition) is 3. The zero-order valence-corrected chi connectivity index (χ0v) is 11.7. The van der Waals surface area contributed by atoms with Gasteiger partial charge in [-0.3, -0.25) is 14.9 Å². The lowest BCUT2D eigenvalue weighted by Crippen LogP contribution is -2.56. The maximum absolute atomic E-state index is 12.0. The zero-order chi connectivity index (χ0) is 14.0. The highest BCUT2D eigenvalue weighted by molar-refractivity contribution is 6.40. The normalized spacial score (nSPS) is 18.9. The van der Waals surface area contributed by atoms with E-state index in [9.17, 15) is 9.59 Å². The van der Waals surface area contributed by atoms with E-state index in [4.69, 9.17) is 23.2 Å². The summed E-state index contributed by atoms with van der Waals surface area (Å²) in [6.45, 7) is 2.19. The molecule has 0 saturated carbocycles. The molecule has 1 atom stereocenters. The van der Waals surface area contributed by atoms with Crippen LogP contribution >= 0.6 is 23.2 Å². The van der Waals surface area contributed by atoms with Crippen LogP contribution in [0.3, 0.4) is 0 Å². The third-order valence-corrected chi connectivity index (χ3v) is 3.66. The van der Waals surface area contributed by atoms with Crippen LogP contribution in [0.4, 0.5) is 5.69 Å². The molecule has 1 aliphatic rings. The summed E-state index contributed by atoms with van der Waals surface area (Å²) in [7, 11) is 0. The number of carbonyl (C=O) groups is 2. The Bertz CT molecular complexity index is 524. The fourth-order valence-corrected chi connectivity index (χ4v) is 2.20. The first kappa shape index (κ1) is 14.1. The number of benzene rings is 1. The van der Waals surface area contributed by atoms with Crippen LogP contribution in [0.15, 0.2) is 12.1 Å². The van der Waals surface area contributed by atoms with Gasteiger partial charge in [0.1, 0.15) is 6.04 Å². The molecule has 3 N–H and O–H groups in total. The number of aryl methyl sites for hydroxylation is 1. The number of anilines is 1. The minimum absolute atomic E-state index is 0.118. The molecule has 2 rings (SSSR count). The van der Waals surface area contributed by atoms with Crippen LogP contribution in [0.2, 0.25) is 10.0 Å². The topological polar surface area (TPSA) is 70.2 Å². The van der Waals surface area contributed by atoms with Gasteiger partial charge in [-0.25, -0.2) is 0 Å². The second-order valence-electron chi connectivity index (χ2n) is 4.28. The third-order valence-electron chi connectivity index (χ3n) is 2.86. The first-order chi connectivity index (χ1) is 8.99. The Hall–Kier alpha value is -1.30. The van der Waals surface area contributed by atoms with Crippen molar-refractivity contribution < 1.29 is 9.59 Å². The fraction of sp³-hybridized carbons (Fsp3) is 0.333. The highest BCUT2D eigenvalue weighted by Gasteiger charge is 2.24. The lowest BCUT2D eigenvalue weighted by atomic mass is 10.2. The molecule has 0 radical (unpaired) electrons. The van der Waals surface area contributed by atoms with Gasteiger partial charge in [-0.15, -0.1) is 0 Å². The molecule has 102 valence electrons. The molecule has 2 amide bonds. The van der Waals surface area contributed by atoms with Crippen molar-refractivity contribution in [3.63, 3.8) is 0 Å². The van der Waals surface area contributed by atoms with Gasteiger partial charge in [-0.2, -0.15) is 0 Å². The van der Waals surface area contributed by atoms with Crippen molar-refractivity contribution in [1.82, 2.24) is 10.6 Å². The Morgan fingerprint density at radius 3 is 2.79 bits per heavy atom. The van der Waals surface area contributed by atoms with Crippen molar-refractivity contribution in [3.05, 3.63) is 27.7 Å². The molecule has 5 nitrogen and oxygen atoms in total. The zero-order valence-electron chi connectivity index (χ0n) is 10.2. The van der Waals surface area contributed by atoms with Gasteiger partial charge in [0.05, 0.1) is 22.3 Å². The van der Waals surface area contributed by atoms with Crippen molar-refractivity contribution >= 4 is 40.7 Å². The van der Waals surface area contributed by atoms with E-state index in [1.807, 2.05) is 6.92 Å². The molecule has 1 unspecified atom stereocenters. The van der Waals surface area contributed by atoms with Crippen molar-refractivity contribution in [2.24, 2.45) is 0 Å². The maximum Gasteiger partial charge on any atom is 0.243 e. The van der Waals surface area contributed by atoms with Crippen LogP contribution in [-0.4, -0.2) is 30.9 Å². The minimum atomic E-state index is -0.495. The summed E-state index contributed by atoms with van der Waals surface area (Å²) >= 11 is 12.1. The van der Waals surface area contributed by atoms with Crippen LogP contribution < -0.4 is 16.0 Å². The molecule has 1 aromatic rings. The Labute approximate surface area is 120 Å². The Morgan fingerprint density at radius 2 is 2.16 bits per heavy atom. The third kappa shape index (κ3) is 3.18. The molecular weight excluding hydrogens is 289 g/mol. The van der Waals surface area contributed by atoms with Crippen molar-refractivity contribution in [1.29, 1.82) is 0 Å². The standard InChI is InChI=1S/C12H13Cl2N3O2/c1-6-2-3-7(13)11(10(6)14)17-12(19)8-4-16-9(18)5-15-8/h2-3,8,15H,4-5H2,1H3,(H,16,18)(H,17,19). The Morgan fingerprint density at radius 1 is 1.42 bits per heavy atom. The van der Waals surface area contributed by atoms with E-state index in [0.29, 0.717) is 15.7 Å². The number of carbonyl (C=O) groups excluding carboxylic acids is 2. The monoisotopic (exact) mass is 301 g/mol. The van der Waals surface area contributed by atoms with Gasteiger partial charge in [0.2, 0.25) is 11.8 Å². The van der Waals surface area contributed by atoms with Crippen LogP contribution in [0.5, 0.6) is 0 Å². The van der Waals surface area contributed by atoms with Gasteiger partial charge in [0.25, 0.3) is 0 Å². The number of rotatable bonds is 2. The molecule has 0 spiro atoms. The predicted octanol–water partition coefficient (Wildman–Crippen LogP) is 1.33. The van der Waals surface area contributed by atoms with Crippen LogP contribution in [0, 0.1) is 6.92 Å². The molecule has 0 bridgehead atoms. The van der Waals surface area contributed by atoms with E-state index in [0.717, 1.165) is 5.56 Å². The van der Waals surface area contributed by atoms with Gasteiger partial charge in [0.15, 0.2) is 0 Å². The van der Waals surface area contributed by atoms with E-state index in [1.165, 1.54) is 0 Å². The summed E-state index contributed by atoms with van der Waals surface area (Å²) in [6, 6.07) is 2.96.